The minimum Gasteiger partial charge on any atom is -0.381 e. The van der Waals surface area contributed by atoms with Gasteiger partial charge in [0.2, 0.25) is 0 Å². The monoisotopic (exact) mass is 290 g/mol. The van der Waals surface area contributed by atoms with Crippen molar-refractivity contribution in [1.29, 1.82) is 0 Å². The first-order valence-electron chi connectivity index (χ1n) is 5.98. The number of ether oxygens (including phenoxy) is 2. The van der Waals surface area contributed by atoms with Gasteiger partial charge in [0.25, 0.3) is 0 Å². The fraction of sp³-hybridized carbons (Fsp3) is 0.667. The molecule has 0 N–H and O–H groups in total. The molecule has 1 aromatic heterocycles. The van der Waals surface area contributed by atoms with E-state index >= 15 is 0 Å². The minimum atomic E-state index is -0.530. The molecule has 18 heavy (non-hydrogen) atoms. The van der Waals surface area contributed by atoms with Crippen molar-refractivity contribution < 1.29 is 9.47 Å². The lowest BCUT2D eigenvalue weighted by Crippen LogP contribution is -2.37. The molecule has 6 heteroatoms. The Morgan fingerprint density at radius 2 is 1.78 bits per heavy atom. The molecule has 100 valence electrons. The molecule has 0 aromatic carbocycles. The molecule has 1 fully saturated rings. The quantitative estimate of drug-likeness (QED) is 0.803. The Morgan fingerprint density at radius 1 is 1.22 bits per heavy atom. The molecule has 2 rings (SSSR count). The highest BCUT2D eigenvalue weighted by Crippen LogP contribution is 2.35. The molecule has 0 unspecified atom stereocenters. The maximum atomic E-state index is 6.15. The molecule has 1 saturated heterocycles. The van der Waals surface area contributed by atoms with Crippen LogP contribution >= 0.6 is 23.2 Å². The Hall–Kier alpha value is -0.420. The van der Waals surface area contributed by atoms with Crippen LogP contribution in [0.2, 0.25) is 10.3 Å². The summed E-state index contributed by atoms with van der Waals surface area (Å²) in [5, 5.41) is 0.825. The van der Waals surface area contributed by atoms with Gasteiger partial charge in [0.15, 0.2) is 5.82 Å². The van der Waals surface area contributed by atoms with Crippen LogP contribution in [0.4, 0.5) is 0 Å². The van der Waals surface area contributed by atoms with Crippen molar-refractivity contribution >= 4 is 23.2 Å². The Bertz CT molecular complexity index is 411. The highest BCUT2D eigenvalue weighted by molar-refractivity contribution is 6.34. The molecule has 0 atom stereocenters. The lowest BCUT2D eigenvalue weighted by molar-refractivity contribution is -0.1000. The topological polar surface area (TPSA) is 44.2 Å². The highest BCUT2D eigenvalue weighted by Gasteiger charge is 2.38. The Labute approximate surface area is 117 Å². The minimum absolute atomic E-state index is 0.412. The smallest absolute Gasteiger partial charge is 0.163 e. The summed E-state index contributed by atoms with van der Waals surface area (Å²) in [4.78, 5) is 8.72. The van der Waals surface area contributed by atoms with Crippen LogP contribution in [0.1, 0.15) is 31.2 Å². The average molecular weight is 291 g/mol. The first kappa shape index (κ1) is 14.0. The Balaban J connectivity index is 2.43. The van der Waals surface area contributed by atoms with Gasteiger partial charge in [-0.1, -0.05) is 30.1 Å². The Kier molecular flexibility index (Phi) is 4.43. The van der Waals surface area contributed by atoms with Crippen LogP contribution in [0.5, 0.6) is 0 Å². The second-order valence-electron chi connectivity index (χ2n) is 4.27. The van der Waals surface area contributed by atoms with E-state index in [1.165, 1.54) is 0 Å². The number of aromatic nitrogens is 2. The zero-order chi connectivity index (χ0) is 13.2. The van der Waals surface area contributed by atoms with Crippen molar-refractivity contribution in [1.82, 2.24) is 9.97 Å². The summed E-state index contributed by atoms with van der Waals surface area (Å²) >= 11 is 12.3. The van der Waals surface area contributed by atoms with E-state index in [0.29, 0.717) is 48.6 Å². The number of rotatable bonds is 3. The van der Waals surface area contributed by atoms with Gasteiger partial charge in [-0.05, 0) is 6.42 Å². The van der Waals surface area contributed by atoms with Gasteiger partial charge in [0.05, 0.1) is 0 Å². The molecule has 2 heterocycles. The van der Waals surface area contributed by atoms with Crippen LogP contribution in [0.15, 0.2) is 0 Å². The molecule has 4 nitrogen and oxygen atoms in total. The van der Waals surface area contributed by atoms with Crippen LogP contribution < -0.4 is 0 Å². The fourth-order valence-electron chi connectivity index (χ4n) is 2.15. The normalized spacial score (nSPS) is 18.9. The standard InChI is InChI=1S/C12H16Cl2N2O2/c1-3-8-9(13)15-11(16-10(8)14)12(17-2)4-6-18-7-5-12/h3-7H2,1-2H3. The average Bonchev–Trinajstić information content (AvgIpc) is 2.39. The zero-order valence-electron chi connectivity index (χ0n) is 10.5. The maximum Gasteiger partial charge on any atom is 0.163 e. The van der Waals surface area contributed by atoms with E-state index in [0.717, 1.165) is 5.56 Å². The molecular formula is C12H16Cl2N2O2. The second-order valence-corrected chi connectivity index (χ2v) is 4.99. The second kappa shape index (κ2) is 5.70. The van der Waals surface area contributed by atoms with E-state index in [4.69, 9.17) is 32.7 Å². The first-order valence-corrected chi connectivity index (χ1v) is 6.74. The number of methoxy groups -OCH3 is 1. The molecule has 0 aliphatic carbocycles. The summed E-state index contributed by atoms with van der Waals surface area (Å²) in [5.41, 5.74) is 0.248. The van der Waals surface area contributed by atoms with Crippen LogP contribution in [0.25, 0.3) is 0 Å². The highest BCUT2D eigenvalue weighted by atomic mass is 35.5. The molecular weight excluding hydrogens is 275 g/mol. The largest absolute Gasteiger partial charge is 0.381 e. The van der Waals surface area contributed by atoms with E-state index in [9.17, 15) is 0 Å². The van der Waals surface area contributed by atoms with Crippen molar-refractivity contribution in [2.75, 3.05) is 20.3 Å². The lowest BCUT2D eigenvalue weighted by Gasteiger charge is -2.34. The summed E-state index contributed by atoms with van der Waals surface area (Å²) < 4.78 is 11.0. The molecule has 0 radical (unpaired) electrons. The molecule has 0 amide bonds. The molecule has 1 aromatic rings. The summed E-state index contributed by atoms with van der Waals surface area (Å²) in [6.45, 7) is 3.22. The van der Waals surface area contributed by atoms with E-state index in [1.807, 2.05) is 6.92 Å². The third-order valence-corrected chi connectivity index (χ3v) is 3.98. The SMILES string of the molecule is CCc1c(Cl)nc(C2(OC)CCOCC2)nc1Cl. The van der Waals surface area contributed by atoms with Crippen molar-refractivity contribution in [2.45, 2.75) is 31.8 Å². The third-order valence-electron chi connectivity index (χ3n) is 3.36. The molecule has 1 aliphatic rings. The fourth-order valence-corrected chi connectivity index (χ4v) is 2.80. The van der Waals surface area contributed by atoms with Crippen LogP contribution in [0, 0.1) is 0 Å². The van der Waals surface area contributed by atoms with Crippen LogP contribution in [-0.4, -0.2) is 30.3 Å². The maximum absolute atomic E-state index is 6.15. The summed E-state index contributed by atoms with van der Waals surface area (Å²) in [7, 11) is 1.66. The Morgan fingerprint density at radius 3 is 2.22 bits per heavy atom. The number of halogens is 2. The van der Waals surface area contributed by atoms with Crippen LogP contribution in [0.3, 0.4) is 0 Å². The number of hydrogen-bond acceptors (Lipinski definition) is 4. The van der Waals surface area contributed by atoms with Gasteiger partial charge in [-0.3, -0.25) is 0 Å². The number of nitrogens with zero attached hydrogens (tertiary/aromatic N) is 2. The van der Waals surface area contributed by atoms with Crippen molar-refractivity contribution in [3.05, 3.63) is 21.7 Å². The molecule has 1 aliphatic heterocycles. The van der Waals surface area contributed by atoms with Crippen molar-refractivity contribution in [2.24, 2.45) is 0 Å². The molecule has 0 bridgehead atoms. The van der Waals surface area contributed by atoms with Gasteiger partial charge in [-0.25, -0.2) is 9.97 Å². The van der Waals surface area contributed by atoms with Gasteiger partial charge in [-0.15, -0.1) is 0 Å². The number of hydrogen-bond donors (Lipinski definition) is 0. The molecule has 0 spiro atoms. The van der Waals surface area contributed by atoms with Crippen molar-refractivity contribution in [3.63, 3.8) is 0 Å². The summed E-state index contributed by atoms with van der Waals surface area (Å²) in [6.07, 6.45) is 2.13. The van der Waals surface area contributed by atoms with Gasteiger partial charge in [-0.2, -0.15) is 0 Å². The van der Waals surface area contributed by atoms with Gasteiger partial charge < -0.3 is 9.47 Å². The van der Waals surface area contributed by atoms with E-state index in [-0.39, 0.29) is 0 Å². The third kappa shape index (κ3) is 2.48. The van der Waals surface area contributed by atoms with Crippen LogP contribution in [-0.2, 0) is 21.5 Å². The molecule has 0 saturated carbocycles. The lowest BCUT2D eigenvalue weighted by atomic mass is 9.93. The summed E-state index contributed by atoms with van der Waals surface area (Å²) in [6, 6.07) is 0. The first-order chi connectivity index (χ1) is 8.63. The predicted molar refractivity (Wildman–Crippen MR) is 70.2 cm³/mol. The zero-order valence-corrected chi connectivity index (χ0v) is 12.0. The van der Waals surface area contributed by atoms with E-state index < -0.39 is 5.60 Å². The van der Waals surface area contributed by atoms with Crippen molar-refractivity contribution in [3.8, 4) is 0 Å². The van der Waals surface area contributed by atoms with Gasteiger partial charge >= 0.3 is 0 Å². The van der Waals surface area contributed by atoms with E-state index in [1.54, 1.807) is 7.11 Å². The van der Waals surface area contributed by atoms with Gasteiger partial charge in [0.1, 0.15) is 15.9 Å². The predicted octanol–water partition coefficient (Wildman–Crippen LogP) is 3.00. The summed E-state index contributed by atoms with van der Waals surface area (Å²) in [5.74, 6) is 0.556. The van der Waals surface area contributed by atoms with Gasteiger partial charge in [0, 0.05) is 38.7 Å². The van der Waals surface area contributed by atoms with E-state index in [2.05, 4.69) is 9.97 Å².